The quantitative estimate of drug-likeness (QED) is 0.703. The van der Waals surface area contributed by atoms with E-state index in [1.807, 2.05) is 25.1 Å². The minimum absolute atomic E-state index is 0.0718. The molecule has 102 valence electrons. The van der Waals surface area contributed by atoms with Crippen molar-refractivity contribution in [2.24, 2.45) is 0 Å². The van der Waals surface area contributed by atoms with Crippen molar-refractivity contribution in [3.8, 4) is 0 Å². The average Bonchev–Trinajstić information content (AvgIpc) is 2.64. The second kappa shape index (κ2) is 6.66. The number of hydrogen-bond acceptors (Lipinski definition) is 2. The zero-order chi connectivity index (χ0) is 14.0. The third-order valence-electron chi connectivity index (χ3n) is 2.62. The van der Waals surface area contributed by atoms with Crippen molar-refractivity contribution in [3.63, 3.8) is 0 Å². The summed E-state index contributed by atoms with van der Waals surface area (Å²) in [6, 6.07) is 7.26. The maximum absolute atomic E-state index is 6.23. The molecule has 19 heavy (non-hydrogen) atoms. The number of hydrogen-bond donors (Lipinski definition) is 1. The smallest absolute Gasteiger partial charge is 0.0995 e. The normalized spacial score (nSPS) is 12.7. The van der Waals surface area contributed by atoms with Gasteiger partial charge in [-0.3, -0.25) is 0 Å². The van der Waals surface area contributed by atoms with Gasteiger partial charge in [-0.1, -0.05) is 53.3 Å². The first-order valence-electron chi connectivity index (χ1n) is 5.65. The van der Waals surface area contributed by atoms with Gasteiger partial charge in [0.15, 0.2) is 0 Å². The van der Waals surface area contributed by atoms with E-state index in [1.54, 1.807) is 6.07 Å². The molecule has 0 saturated carbocycles. The lowest BCUT2D eigenvalue weighted by Crippen LogP contribution is -2.21. The zero-order valence-corrected chi connectivity index (χ0v) is 13.9. The minimum atomic E-state index is -0.0718. The van der Waals surface area contributed by atoms with Crippen molar-refractivity contribution in [2.75, 3.05) is 6.54 Å². The summed E-state index contributed by atoms with van der Waals surface area (Å²) < 4.78 is 1.34. The van der Waals surface area contributed by atoms with Gasteiger partial charge in [0.2, 0.25) is 0 Å². The summed E-state index contributed by atoms with van der Waals surface area (Å²) in [5.41, 5.74) is 1.91. The summed E-state index contributed by atoms with van der Waals surface area (Å²) in [4.78, 5) is 0. The van der Waals surface area contributed by atoms with Gasteiger partial charge in [0, 0.05) is 15.6 Å². The minimum Gasteiger partial charge on any atom is -0.306 e. The van der Waals surface area contributed by atoms with E-state index in [0.29, 0.717) is 18.7 Å². The molecule has 0 aliphatic carbocycles. The van der Waals surface area contributed by atoms with Crippen LogP contribution in [-0.4, -0.2) is 6.54 Å². The molecule has 0 aliphatic heterocycles. The van der Waals surface area contributed by atoms with Gasteiger partial charge in [-0.15, -0.1) is 11.3 Å². The molecule has 1 aromatic heterocycles. The molecule has 0 saturated heterocycles. The summed E-state index contributed by atoms with van der Waals surface area (Å²) in [6.07, 6.45) is 0. The molecular weight excluding hydrogens is 344 g/mol. The van der Waals surface area contributed by atoms with Crippen LogP contribution in [0, 0.1) is 0 Å². The first-order chi connectivity index (χ1) is 9.01. The number of nitrogens with one attached hydrogen (secondary N) is 1. The van der Waals surface area contributed by atoms with Gasteiger partial charge in [-0.25, -0.2) is 0 Å². The molecular formula is C13H11Cl4NS. The van der Waals surface area contributed by atoms with Gasteiger partial charge < -0.3 is 5.32 Å². The summed E-state index contributed by atoms with van der Waals surface area (Å²) in [6.45, 7) is 2.82. The molecule has 0 bridgehead atoms. The average molecular weight is 355 g/mol. The van der Waals surface area contributed by atoms with Crippen molar-refractivity contribution < 1.29 is 0 Å². The predicted octanol–water partition coefficient (Wildman–Crippen LogP) is 6.06. The third-order valence-corrected chi connectivity index (χ3v) is 4.57. The van der Waals surface area contributed by atoms with Crippen molar-refractivity contribution >= 4 is 57.7 Å². The number of thiophene rings is 1. The topological polar surface area (TPSA) is 12.0 Å². The second-order valence-electron chi connectivity index (χ2n) is 3.97. The Hall–Kier alpha value is 0.0400. The van der Waals surface area contributed by atoms with Gasteiger partial charge in [-0.05, 0) is 36.4 Å². The molecule has 0 aliphatic rings. The Balaban J connectivity index is 2.47. The van der Waals surface area contributed by atoms with Gasteiger partial charge in [0.05, 0.1) is 14.7 Å². The zero-order valence-electron chi connectivity index (χ0n) is 10.0. The molecule has 0 fully saturated rings. The Morgan fingerprint density at radius 2 is 1.68 bits per heavy atom. The fourth-order valence-electron chi connectivity index (χ4n) is 1.90. The van der Waals surface area contributed by atoms with Gasteiger partial charge in [0.25, 0.3) is 0 Å². The molecule has 2 rings (SSSR count). The first-order valence-corrected chi connectivity index (χ1v) is 7.98. The molecule has 6 heteroatoms. The highest BCUT2D eigenvalue weighted by Crippen LogP contribution is 2.38. The van der Waals surface area contributed by atoms with Gasteiger partial charge >= 0.3 is 0 Å². The lowest BCUT2D eigenvalue weighted by atomic mass is 10.0. The first kappa shape index (κ1) is 15.4. The molecule has 1 aromatic carbocycles. The van der Waals surface area contributed by atoms with Crippen LogP contribution in [0.5, 0.6) is 0 Å². The number of halogens is 4. The van der Waals surface area contributed by atoms with E-state index in [0.717, 1.165) is 17.7 Å². The molecule has 1 atom stereocenters. The van der Waals surface area contributed by atoms with E-state index in [4.69, 9.17) is 46.4 Å². The van der Waals surface area contributed by atoms with Crippen LogP contribution in [0.15, 0.2) is 24.3 Å². The highest BCUT2D eigenvalue weighted by atomic mass is 35.5. The summed E-state index contributed by atoms with van der Waals surface area (Å²) >= 11 is 25.7. The van der Waals surface area contributed by atoms with Gasteiger partial charge in [-0.2, -0.15) is 0 Å². The molecule has 1 unspecified atom stereocenters. The largest absolute Gasteiger partial charge is 0.306 e. The standard InChI is InChI=1S/C13H11Cl4NS/c1-2-18-12(10-6-11(16)19-13(10)17)7-3-8(14)5-9(15)4-7/h3-6,12,18H,2H2,1H3. The van der Waals surface area contributed by atoms with Crippen LogP contribution in [0.4, 0.5) is 0 Å². The Morgan fingerprint density at radius 3 is 2.16 bits per heavy atom. The van der Waals surface area contributed by atoms with Crippen LogP contribution in [0.1, 0.15) is 24.1 Å². The molecule has 0 radical (unpaired) electrons. The Bertz CT molecular complexity index is 562. The van der Waals surface area contributed by atoms with Crippen molar-refractivity contribution in [1.82, 2.24) is 5.32 Å². The highest BCUT2D eigenvalue weighted by Gasteiger charge is 2.19. The molecule has 1 nitrogen and oxygen atoms in total. The number of benzene rings is 1. The van der Waals surface area contributed by atoms with Crippen molar-refractivity contribution in [3.05, 3.63) is 54.1 Å². The van der Waals surface area contributed by atoms with Crippen molar-refractivity contribution in [1.29, 1.82) is 0 Å². The molecule has 0 amide bonds. The van der Waals surface area contributed by atoms with Crippen LogP contribution < -0.4 is 5.32 Å². The van der Waals surface area contributed by atoms with Crippen LogP contribution in [0.2, 0.25) is 18.7 Å². The fourth-order valence-corrected chi connectivity index (χ4v) is 3.98. The van der Waals surface area contributed by atoms with Crippen LogP contribution >= 0.6 is 57.7 Å². The van der Waals surface area contributed by atoms with Gasteiger partial charge in [0.1, 0.15) is 0 Å². The lowest BCUT2D eigenvalue weighted by molar-refractivity contribution is 0.632. The van der Waals surface area contributed by atoms with E-state index >= 15 is 0 Å². The van der Waals surface area contributed by atoms with Crippen LogP contribution in [0.25, 0.3) is 0 Å². The Morgan fingerprint density at radius 1 is 1.05 bits per heavy atom. The van der Waals surface area contributed by atoms with E-state index < -0.39 is 0 Å². The Kier molecular flexibility index (Phi) is 5.41. The Labute approximate surface area is 136 Å². The third kappa shape index (κ3) is 3.78. The molecule has 1 N–H and O–H groups in total. The lowest BCUT2D eigenvalue weighted by Gasteiger charge is -2.18. The fraction of sp³-hybridized carbons (Fsp3) is 0.231. The highest BCUT2D eigenvalue weighted by molar-refractivity contribution is 7.20. The monoisotopic (exact) mass is 353 g/mol. The maximum atomic E-state index is 6.23. The van der Waals surface area contributed by atoms with E-state index in [2.05, 4.69) is 5.32 Å². The second-order valence-corrected chi connectivity index (χ2v) is 7.13. The molecule has 1 heterocycles. The van der Waals surface area contributed by atoms with Crippen LogP contribution in [0.3, 0.4) is 0 Å². The molecule has 2 aromatic rings. The molecule has 0 spiro atoms. The van der Waals surface area contributed by atoms with E-state index in [9.17, 15) is 0 Å². The van der Waals surface area contributed by atoms with Crippen LogP contribution in [-0.2, 0) is 0 Å². The predicted molar refractivity (Wildman–Crippen MR) is 86.3 cm³/mol. The summed E-state index contributed by atoms with van der Waals surface area (Å²) in [7, 11) is 0. The number of rotatable bonds is 4. The maximum Gasteiger partial charge on any atom is 0.0995 e. The summed E-state index contributed by atoms with van der Waals surface area (Å²) in [5.74, 6) is 0. The summed E-state index contributed by atoms with van der Waals surface area (Å²) in [5, 5.41) is 4.57. The van der Waals surface area contributed by atoms with Crippen molar-refractivity contribution in [2.45, 2.75) is 13.0 Å². The van der Waals surface area contributed by atoms with E-state index in [1.165, 1.54) is 11.3 Å². The SMILES string of the molecule is CCNC(c1cc(Cl)cc(Cl)c1)c1cc(Cl)sc1Cl. The van der Waals surface area contributed by atoms with E-state index in [-0.39, 0.29) is 6.04 Å².